The van der Waals surface area contributed by atoms with Crippen LogP contribution in [-0.2, 0) is 9.84 Å². The molecule has 0 aliphatic carbocycles. The van der Waals surface area contributed by atoms with Crippen LogP contribution in [0.1, 0.15) is 6.42 Å². The predicted octanol–water partition coefficient (Wildman–Crippen LogP) is 0.646. The Balaban J connectivity index is 1.78. The first-order chi connectivity index (χ1) is 9.48. The molecule has 1 fully saturated rings. The third-order valence-corrected chi connectivity index (χ3v) is 4.92. The molecule has 2 rings (SSSR count). The van der Waals surface area contributed by atoms with Crippen LogP contribution in [0.5, 0.6) is 5.88 Å². The normalized spacial score (nSPS) is 20.4. The van der Waals surface area contributed by atoms with Crippen molar-refractivity contribution in [2.75, 3.05) is 30.5 Å². The monoisotopic (exact) mass is 299 g/mol. The number of hydrogen-bond acceptors (Lipinski definition) is 5. The first-order valence-corrected chi connectivity index (χ1v) is 8.06. The molecule has 1 aliphatic rings. The minimum Gasteiger partial charge on any atom is -0.481 e. The molecule has 0 spiro atoms. The van der Waals surface area contributed by atoms with E-state index in [0.29, 0.717) is 24.5 Å². The molecule has 20 heavy (non-hydrogen) atoms. The van der Waals surface area contributed by atoms with E-state index in [4.69, 9.17) is 4.74 Å². The summed E-state index contributed by atoms with van der Waals surface area (Å²) in [5.74, 6) is 0.827. The summed E-state index contributed by atoms with van der Waals surface area (Å²) in [7, 11) is -1.39. The lowest BCUT2D eigenvalue weighted by molar-refractivity contribution is 0.250. The third kappa shape index (κ3) is 4.09. The van der Waals surface area contributed by atoms with E-state index in [1.165, 1.54) is 13.3 Å². The number of hydrogen-bond donors (Lipinski definition) is 2. The smallest absolute Gasteiger partial charge is 0.319 e. The fourth-order valence-electron chi connectivity index (χ4n) is 2.02. The highest BCUT2D eigenvalue weighted by Gasteiger charge is 2.27. The van der Waals surface area contributed by atoms with E-state index in [1.807, 2.05) is 0 Å². The average molecular weight is 299 g/mol. The summed E-state index contributed by atoms with van der Waals surface area (Å²) in [5.41, 5.74) is 0.544. The Morgan fingerprint density at radius 1 is 1.50 bits per heavy atom. The highest BCUT2D eigenvalue weighted by molar-refractivity contribution is 7.91. The molecule has 0 radical (unpaired) electrons. The maximum Gasteiger partial charge on any atom is 0.319 e. The number of sulfone groups is 1. The van der Waals surface area contributed by atoms with Crippen LogP contribution in [0.4, 0.5) is 10.5 Å². The van der Waals surface area contributed by atoms with Gasteiger partial charge in [0.15, 0.2) is 9.84 Å². The van der Waals surface area contributed by atoms with Crippen LogP contribution in [-0.4, -0.2) is 44.6 Å². The van der Waals surface area contributed by atoms with E-state index >= 15 is 0 Å². The van der Waals surface area contributed by atoms with Gasteiger partial charge in [0, 0.05) is 12.6 Å². The van der Waals surface area contributed by atoms with Crippen LogP contribution in [0.3, 0.4) is 0 Å². The van der Waals surface area contributed by atoms with Crippen LogP contribution in [0.2, 0.25) is 0 Å². The van der Waals surface area contributed by atoms with Crippen molar-refractivity contribution in [2.24, 2.45) is 5.92 Å². The summed E-state index contributed by atoms with van der Waals surface area (Å²) in [4.78, 5) is 15.6. The van der Waals surface area contributed by atoms with Gasteiger partial charge in [0.1, 0.15) is 0 Å². The summed E-state index contributed by atoms with van der Waals surface area (Å²) in [6.07, 6.45) is 2.09. The second kappa shape index (κ2) is 6.08. The van der Waals surface area contributed by atoms with Crippen molar-refractivity contribution in [2.45, 2.75) is 6.42 Å². The van der Waals surface area contributed by atoms with Crippen LogP contribution in [0.15, 0.2) is 18.3 Å². The van der Waals surface area contributed by atoms with Gasteiger partial charge in [-0.05, 0) is 18.4 Å². The summed E-state index contributed by atoms with van der Waals surface area (Å²) in [6.45, 7) is 0.356. The fourth-order valence-corrected chi connectivity index (χ4v) is 3.88. The highest BCUT2D eigenvalue weighted by Crippen LogP contribution is 2.17. The fraction of sp³-hybridized carbons (Fsp3) is 0.500. The van der Waals surface area contributed by atoms with Gasteiger partial charge in [-0.25, -0.2) is 18.2 Å². The minimum atomic E-state index is -2.91. The maximum absolute atomic E-state index is 11.7. The van der Waals surface area contributed by atoms with Crippen molar-refractivity contribution < 1.29 is 17.9 Å². The number of nitrogens with zero attached hydrogens (tertiary/aromatic N) is 1. The second-order valence-electron chi connectivity index (χ2n) is 4.69. The molecule has 7 nitrogen and oxygen atoms in total. The third-order valence-electron chi connectivity index (χ3n) is 3.08. The van der Waals surface area contributed by atoms with Crippen LogP contribution >= 0.6 is 0 Å². The molecule has 0 bridgehead atoms. The van der Waals surface area contributed by atoms with Crippen LogP contribution in [0, 0.1) is 5.92 Å². The quantitative estimate of drug-likeness (QED) is 0.850. The molecule has 1 aliphatic heterocycles. The summed E-state index contributed by atoms with van der Waals surface area (Å²) in [6, 6.07) is 2.94. The first-order valence-electron chi connectivity index (χ1n) is 6.24. The molecule has 1 atom stereocenters. The molecule has 1 unspecified atom stereocenters. The zero-order valence-electron chi connectivity index (χ0n) is 11.1. The van der Waals surface area contributed by atoms with Crippen LogP contribution in [0.25, 0.3) is 0 Å². The lowest BCUT2D eigenvalue weighted by Gasteiger charge is -2.10. The predicted molar refractivity (Wildman–Crippen MR) is 74.6 cm³/mol. The van der Waals surface area contributed by atoms with Crippen molar-refractivity contribution in [1.29, 1.82) is 0 Å². The van der Waals surface area contributed by atoms with Gasteiger partial charge in [0.25, 0.3) is 0 Å². The number of carbonyl (C=O) groups excluding carboxylic acids is 1. The Bertz CT molecular complexity index is 571. The lowest BCUT2D eigenvalue weighted by Crippen LogP contribution is -2.33. The van der Waals surface area contributed by atoms with Gasteiger partial charge in [-0.2, -0.15) is 0 Å². The number of methoxy groups -OCH3 is 1. The summed E-state index contributed by atoms with van der Waals surface area (Å²) < 4.78 is 27.5. The number of pyridine rings is 1. The molecule has 0 saturated carbocycles. The van der Waals surface area contributed by atoms with E-state index in [2.05, 4.69) is 15.6 Å². The molecule has 2 heterocycles. The Morgan fingerprint density at radius 2 is 2.30 bits per heavy atom. The molecule has 2 N–H and O–H groups in total. The molecule has 1 aromatic rings. The maximum atomic E-state index is 11.7. The van der Waals surface area contributed by atoms with Gasteiger partial charge in [0.05, 0.1) is 30.5 Å². The van der Waals surface area contributed by atoms with Crippen molar-refractivity contribution in [3.05, 3.63) is 18.3 Å². The van der Waals surface area contributed by atoms with Crippen molar-refractivity contribution >= 4 is 21.6 Å². The molecule has 1 aromatic heterocycles. The molecule has 110 valence electrons. The SMILES string of the molecule is COc1ccc(NC(=O)NCC2CCS(=O)(=O)C2)cn1. The van der Waals surface area contributed by atoms with Gasteiger partial charge < -0.3 is 15.4 Å². The zero-order chi connectivity index (χ0) is 14.6. The number of carbonyl (C=O) groups is 1. The van der Waals surface area contributed by atoms with Gasteiger partial charge in [-0.1, -0.05) is 0 Å². The minimum absolute atomic E-state index is 0.000239. The number of anilines is 1. The number of rotatable bonds is 4. The first kappa shape index (κ1) is 14.6. The lowest BCUT2D eigenvalue weighted by atomic mass is 10.1. The van der Waals surface area contributed by atoms with E-state index in [1.54, 1.807) is 12.1 Å². The van der Waals surface area contributed by atoms with Gasteiger partial charge in [-0.3, -0.25) is 0 Å². The summed E-state index contributed by atoms with van der Waals surface area (Å²) >= 11 is 0. The van der Waals surface area contributed by atoms with Crippen molar-refractivity contribution in [3.63, 3.8) is 0 Å². The average Bonchev–Trinajstić information content (AvgIpc) is 2.77. The number of amides is 2. The molecule has 0 aromatic carbocycles. The molecule has 1 saturated heterocycles. The molecular weight excluding hydrogens is 282 g/mol. The number of nitrogens with one attached hydrogen (secondary N) is 2. The van der Waals surface area contributed by atoms with E-state index in [0.717, 1.165) is 0 Å². The van der Waals surface area contributed by atoms with E-state index in [-0.39, 0.29) is 23.5 Å². The zero-order valence-corrected chi connectivity index (χ0v) is 11.9. The van der Waals surface area contributed by atoms with Gasteiger partial charge in [-0.15, -0.1) is 0 Å². The van der Waals surface area contributed by atoms with Crippen LogP contribution < -0.4 is 15.4 Å². The van der Waals surface area contributed by atoms with Gasteiger partial charge >= 0.3 is 6.03 Å². The molecular formula is C12H17N3O4S. The highest BCUT2D eigenvalue weighted by atomic mass is 32.2. The second-order valence-corrected chi connectivity index (χ2v) is 6.92. The standard InChI is InChI=1S/C12H17N3O4S/c1-19-11-3-2-10(7-13-11)15-12(16)14-6-9-4-5-20(17,18)8-9/h2-3,7,9H,4-6,8H2,1H3,(H2,14,15,16). The van der Waals surface area contributed by atoms with Crippen molar-refractivity contribution in [1.82, 2.24) is 10.3 Å². The Labute approximate surface area is 117 Å². The summed E-state index contributed by atoms with van der Waals surface area (Å²) in [5, 5.41) is 5.29. The van der Waals surface area contributed by atoms with Gasteiger partial charge in [0.2, 0.25) is 5.88 Å². The molecule has 8 heteroatoms. The topological polar surface area (TPSA) is 97.4 Å². The molecule has 2 amide bonds. The largest absolute Gasteiger partial charge is 0.481 e. The Kier molecular flexibility index (Phi) is 4.43. The van der Waals surface area contributed by atoms with Crippen molar-refractivity contribution in [3.8, 4) is 5.88 Å². The van der Waals surface area contributed by atoms with E-state index < -0.39 is 9.84 Å². The number of aromatic nitrogens is 1. The Morgan fingerprint density at radius 3 is 2.85 bits per heavy atom. The Hall–Kier alpha value is -1.83. The number of urea groups is 1. The number of ether oxygens (including phenoxy) is 1. The van der Waals surface area contributed by atoms with E-state index in [9.17, 15) is 13.2 Å².